The molecule has 4 N–H and O–H groups in total. The van der Waals surface area contributed by atoms with Gasteiger partial charge in [-0.25, -0.2) is 4.79 Å². The first-order valence-corrected chi connectivity index (χ1v) is 24.0. The number of methoxy groups -OCH3 is 3. The molecule has 4 rings (SSSR count). The summed E-state index contributed by atoms with van der Waals surface area (Å²) in [4.78, 5) is 71.8. The van der Waals surface area contributed by atoms with Gasteiger partial charge in [-0.2, -0.15) is 0 Å². The van der Waals surface area contributed by atoms with Gasteiger partial charge >= 0.3 is 5.97 Å². The molecule has 1 saturated carbocycles. The summed E-state index contributed by atoms with van der Waals surface area (Å²) in [6.45, 7) is 11.9. The van der Waals surface area contributed by atoms with E-state index >= 15 is 0 Å². The molecule has 3 aliphatic heterocycles. The summed E-state index contributed by atoms with van der Waals surface area (Å²) < 4.78 is 29.2. The normalized spacial score (nSPS) is 39.8. The summed E-state index contributed by atoms with van der Waals surface area (Å²) in [6.07, 6.45) is 9.26. The fourth-order valence-corrected chi connectivity index (χ4v) is 10.1. The number of ether oxygens (including phenoxy) is 5. The quantitative estimate of drug-likeness (QED) is 0.151. The zero-order chi connectivity index (χ0) is 49.1. The van der Waals surface area contributed by atoms with E-state index in [9.17, 15) is 44.4 Å². The third-order valence-electron chi connectivity index (χ3n) is 14.5. The molecule has 0 aromatic rings. The Morgan fingerprint density at radius 3 is 2.23 bits per heavy atom. The number of hydrogen-bond donors (Lipinski definition) is 4. The van der Waals surface area contributed by atoms with Crippen molar-refractivity contribution in [2.75, 3.05) is 27.9 Å². The van der Waals surface area contributed by atoms with Crippen LogP contribution in [-0.4, -0.2) is 143 Å². The van der Waals surface area contributed by atoms with E-state index in [1.54, 1.807) is 21.0 Å². The van der Waals surface area contributed by atoms with E-state index < -0.39 is 102 Å². The Morgan fingerprint density at radius 1 is 0.848 bits per heavy atom. The highest BCUT2D eigenvalue weighted by Gasteiger charge is 2.53. The molecular weight excluding hydrogens is 851 g/mol. The third-order valence-corrected chi connectivity index (χ3v) is 14.5. The lowest BCUT2D eigenvalue weighted by molar-refractivity contribution is -0.265. The number of esters is 1. The molecule has 0 aromatic carbocycles. The van der Waals surface area contributed by atoms with Gasteiger partial charge in [0.15, 0.2) is 11.6 Å². The number of aliphatic hydroxyl groups excluding tert-OH is 2. The van der Waals surface area contributed by atoms with Crippen LogP contribution in [0.25, 0.3) is 0 Å². The minimum atomic E-state index is -2.46. The minimum absolute atomic E-state index is 0.0263. The van der Waals surface area contributed by atoms with Gasteiger partial charge in [0, 0.05) is 52.6 Å². The molecule has 66 heavy (non-hydrogen) atoms. The van der Waals surface area contributed by atoms with Crippen molar-refractivity contribution < 1.29 is 68.1 Å². The predicted octanol–water partition coefficient (Wildman–Crippen LogP) is 5.30. The van der Waals surface area contributed by atoms with Gasteiger partial charge in [-0.3, -0.25) is 19.2 Å². The Kier molecular flexibility index (Phi) is 20.7. The van der Waals surface area contributed by atoms with Crippen molar-refractivity contribution in [3.05, 3.63) is 47.6 Å². The summed E-state index contributed by atoms with van der Waals surface area (Å²) >= 11 is 0. The molecule has 1 aliphatic carbocycles. The van der Waals surface area contributed by atoms with Gasteiger partial charge in [0.2, 0.25) is 5.79 Å². The van der Waals surface area contributed by atoms with Gasteiger partial charge in [-0.1, -0.05) is 58.1 Å². The van der Waals surface area contributed by atoms with Crippen LogP contribution >= 0.6 is 0 Å². The highest BCUT2D eigenvalue weighted by molar-refractivity contribution is 6.39. The molecule has 15 nitrogen and oxygen atoms in total. The summed E-state index contributed by atoms with van der Waals surface area (Å²) in [6, 6.07) is -1.21. The lowest BCUT2D eigenvalue weighted by Gasteiger charge is -2.42. The first-order valence-electron chi connectivity index (χ1n) is 24.0. The number of hydrogen-bond acceptors (Lipinski definition) is 14. The second-order valence-electron chi connectivity index (χ2n) is 19.9. The zero-order valence-corrected chi connectivity index (χ0v) is 41.0. The van der Waals surface area contributed by atoms with Crippen LogP contribution in [0.5, 0.6) is 0 Å². The minimum Gasteiger partial charge on any atom is -0.460 e. The summed E-state index contributed by atoms with van der Waals surface area (Å²) in [5.74, 6) is -8.30. The highest BCUT2D eigenvalue weighted by atomic mass is 16.6. The Bertz CT molecular complexity index is 1800. The number of carbonyl (C=O) groups excluding carboxylic acids is 5. The van der Waals surface area contributed by atoms with E-state index in [2.05, 4.69) is 0 Å². The number of carbonyl (C=O) groups is 5. The summed E-state index contributed by atoms with van der Waals surface area (Å²) in [7, 11) is 4.42. The molecule has 0 spiro atoms. The Morgan fingerprint density at radius 2 is 1.56 bits per heavy atom. The lowest BCUT2D eigenvalue weighted by Crippen LogP contribution is -2.61. The van der Waals surface area contributed by atoms with Crippen LogP contribution in [0.2, 0.25) is 0 Å². The fraction of sp³-hybridized carbons (Fsp3) is 0.745. The van der Waals surface area contributed by atoms with E-state index in [1.165, 1.54) is 34.1 Å². The van der Waals surface area contributed by atoms with Crippen LogP contribution in [0, 0.1) is 29.6 Å². The van der Waals surface area contributed by atoms with Crippen LogP contribution in [0.4, 0.5) is 0 Å². The van der Waals surface area contributed by atoms with Crippen LogP contribution in [-0.2, 0) is 47.7 Å². The standard InChI is InChI=1S/C51H79NO14/c1-30-16-12-11-13-17-31(2)40(62-8)27-37-21-19-35(6)51(61,66-37)47(57)48(58)52-23-15-14-18-38(52)49(59)65-41(32(3)25-36-20-22-39(53)42(26-36)63-9)28-43(54)50(7,60)29-34(5)45(56)46(64-10)44(55)33(4)24-30/h11-13,16-17,29-30,32-33,35-42,45-46,53,56,60-61H,14-15,18-28H2,1-10H3/b13-11?,16-12+,31-17?,34-29+/t30-,32-,33-,35-,36+,37+,38+,39-,40+,41+,42-,45-,46+,50-,51-/m1/s1. The number of rotatable bonds is 6. The van der Waals surface area contributed by atoms with E-state index in [4.69, 9.17) is 23.7 Å². The van der Waals surface area contributed by atoms with Crippen LogP contribution in [0.3, 0.4) is 0 Å². The molecule has 0 radical (unpaired) electrons. The first-order chi connectivity index (χ1) is 31.1. The highest BCUT2D eigenvalue weighted by Crippen LogP contribution is 2.38. The average molecular weight is 930 g/mol. The zero-order valence-electron chi connectivity index (χ0n) is 41.0. The molecule has 0 aromatic heterocycles. The number of Topliss-reactive ketones (excluding diaryl/α,β-unsaturated/α-hetero) is 3. The number of amides is 1. The van der Waals surface area contributed by atoms with Gasteiger partial charge in [-0.05, 0) is 120 Å². The average Bonchev–Trinajstić information content (AvgIpc) is 3.28. The third kappa shape index (κ3) is 14.1. The van der Waals surface area contributed by atoms with Crippen molar-refractivity contribution in [1.82, 2.24) is 4.90 Å². The number of piperidine rings is 1. The van der Waals surface area contributed by atoms with Gasteiger partial charge in [0.1, 0.15) is 30.0 Å². The molecular formula is C51H79NO14. The smallest absolute Gasteiger partial charge is 0.329 e. The van der Waals surface area contributed by atoms with Gasteiger partial charge in [0.25, 0.3) is 11.7 Å². The van der Waals surface area contributed by atoms with Gasteiger partial charge in [-0.15, -0.1) is 0 Å². The molecule has 3 fully saturated rings. The number of allylic oxidation sites excluding steroid dienone is 5. The Labute approximate surface area is 392 Å². The van der Waals surface area contributed by atoms with Gasteiger partial charge in [0.05, 0.1) is 24.4 Å². The van der Waals surface area contributed by atoms with Crippen molar-refractivity contribution in [2.45, 2.75) is 186 Å². The Hall–Kier alpha value is -3.41. The molecule has 15 heteroatoms. The predicted molar refractivity (Wildman–Crippen MR) is 247 cm³/mol. The van der Waals surface area contributed by atoms with Crippen molar-refractivity contribution in [2.24, 2.45) is 29.6 Å². The molecule has 372 valence electrons. The fourth-order valence-electron chi connectivity index (χ4n) is 10.1. The molecule has 3 heterocycles. The number of nitrogens with zero attached hydrogens (tertiary/aromatic N) is 1. The van der Waals surface area contributed by atoms with Crippen LogP contribution in [0.1, 0.15) is 126 Å². The van der Waals surface area contributed by atoms with Crippen LogP contribution < -0.4 is 0 Å². The second-order valence-corrected chi connectivity index (χ2v) is 19.9. The number of ketones is 3. The SMILES string of the molecule is CO[C@H]1C[C@@H]2CC[C@@H](C)[C@@](O)(O2)C(=O)C(=O)N2CCCC[C@H]2C(=O)O[C@H]([C@H](C)C[C@@H]2CC[C@@H](O)[C@H](OC)C2)CC(=O)[C@](C)(O)/C=C(\C)[C@@H](O)[C@@H](OC)C(=O)[C@H](C)C[C@H](C)/C=C/C=CC=C1C. The Balaban J connectivity index is 1.73. The maximum absolute atomic E-state index is 14.4. The first kappa shape index (κ1) is 55.2. The molecule has 1 amide bonds. The van der Waals surface area contributed by atoms with Crippen molar-refractivity contribution in [3.63, 3.8) is 0 Å². The maximum atomic E-state index is 14.4. The molecule has 15 atom stereocenters. The van der Waals surface area contributed by atoms with Gasteiger partial charge < -0.3 is 49.0 Å². The van der Waals surface area contributed by atoms with Crippen molar-refractivity contribution >= 4 is 29.2 Å². The molecule has 2 saturated heterocycles. The topological polar surface area (TPSA) is 216 Å². The summed E-state index contributed by atoms with van der Waals surface area (Å²) in [5.41, 5.74) is -1.20. The molecule has 0 unspecified atom stereocenters. The number of fused-ring (bicyclic) bond motifs is 3. The molecule has 4 aliphatic rings. The summed E-state index contributed by atoms with van der Waals surface area (Å²) in [5, 5.41) is 45.5. The molecule has 2 bridgehead atoms. The largest absolute Gasteiger partial charge is 0.460 e. The maximum Gasteiger partial charge on any atom is 0.329 e. The number of aliphatic hydroxyl groups is 4. The van der Waals surface area contributed by atoms with Crippen LogP contribution in [0.15, 0.2) is 47.6 Å². The monoisotopic (exact) mass is 930 g/mol. The van der Waals surface area contributed by atoms with E-state index in [0.717, 1.165) is 10.5 Å². The number of cyclic esters (lactones) is 1. The van der Waals surface area contributed by atoms with Crippen molar-refractivity contribution in [3.8, 4) is 0 Å². The van der Waals surface area contributed by atoms with Crippen molar-refractivity contribution in [1.29, 1.82) is 0 Å². The van der Waals surface area contributed by atoms with E-state index in [-0.39, 0.29) is 42.3 Å². The second kappa shape index (κ2) is 24.7. The lowest BCUT2D eigenvalue weighted by atomic mass is 9.78. The van der Waals surface area contributed by atoms with E-state index in [1.807, 2.05) is 51.2 Å². The van der Waals surface area contributed by atoms with E-state index in [0.29, 0.717) is 64.2 Å².